The van der Waals surface area contributed by atoms with E-state index in [0.29, 0.717) is 41.4 Å². The Labute approximate surface area is 184 Å². The summed E-state index contributed by atoms with van der Waals surface area (Å²) in [6.07, 6.45) is 1.01. The highest BCUT2D eigenvalue weighted by atomic mass is 16.5. The number of carbonyl (C=O) groups excluding carboxylic acids is 3. The summed E-state index contributed by atoms with van der Waals surface area (Å²) in [5, 5.41) is 22.6. The van der Waals surface area contributed by atoms with Gasteiger partial charge in [0.2, 0.25) is 0 Å². The number of carbonyl (C=O) groups is 3. The average Bonchev–Trinajstić information content (AvgIpc) is 3.50. The van der Waals surface area contributed by atoms with Crippen LogP contribution in [-0.4, -0.2) is 65.9 Å². The van der Waals surface area contributed by atoms with Crippen molar-refractivity contribution in [3.8, 4) is 0 Å². The largest absolute Gasteiger partial charge is 0.491 e. The van der Waals surface area contributed by atoms with Crippen LogP contribution < -0.4 is 16.2 Å². The second-order valence-corrected chi connectivity index (χ2v) is 8.22. The van der Waals surface area contributed by atoms with Crippen molar-refractivity contribution in [2.24, 2.45) is 0 Å². The molecule has 0 bridgehead atoms. The van der Waals surface area contributed by atoms with E-state index >= 15 is 0 Å². The molecule has 32 heavy (non-hydrogen) atoms. The van der Waals surface area contributed by atoms with Gasteiger partial charge in [-0.15, -0.1) is 0 Å². The van der Waals surface area contributed by atoms with Gasteiger partial charge in [-0.05, 0) is 52.7 Å². The quantitative estimate of drug-likeness (QED) is 0.389. The first-order chi connectivity index (χ1) is 15.4. The molecule has 2 aromatic rings. The maximum absolute atomic E-state index is 13.1. The van der Waals surface area contributed by atoms with E-state index in [2.05, 4.69) is 5.32 Å². The van der Waals surface area contributed by atoms with Crippen molar-refractivity contribution in [1.82, 2.24) is 10.2 Å². The first-order valence-electron chi connectivity index (χ1n) is 10.4. The second kappa shape index (κ2) is 8.18. The summed E-state index contributed by atoms with van der Waals surface area (Å²) in [6, 6.07) is 8.88. The number of rotatable bonds is 4. The molecule has 11 heteroatoms. The van der Waals surface area contributed by atoms with E-state index in [1.807, 2.05) is 0 Å². The molecule has 0 aromatic heterocycles. The maximum atomic E-state index is 13.1. The van der Waals surface area contributed by atoms with Gasteiger partial charge in [-0.3, -0.25) is 9.59 Å². The average molecular weight is 434 g/mol. The Hall–Kier alpha value is -2.98. The summed E-state index contributed by atoms with van der Waals surface area (Å²) in [6.45, 7) is 0.761. The summed E-state index contributed by atoms with van der Waals surface area (Å²) in [5.74, 6) is -0.702. The van der Waals surface area contributed by atoms with Crippen LogP contribution in [0.15, 0.2) is 36.4 Å². The molecule has 3 aliphatic heterocycles. The van der Waals surface area contributed by atoms with Crippen LogP contribution in [-0.2, 0) is 27.3 Å². The highest BCUT2D eigenvalue weighted by Gasteiger charge is 2.37. The van der Waals surface area contributed by atoms with Gasteiger partial charge in [0.1, 0.15) is 6.29 Å². The number of fused-ring (bicyclic) bond motifs is 2. The molecule has 2 atom stereocenters. The molecule has 0 aliphatic carbocycles. The number of nitrogens with one attached hydrogen (secondary N) is 1. The van der Waals surface area contributed by atoms with Gasteiger partial charge in [-0.2, -0.15) is 0 Å². The highest BCUT2D eigenvalue weighted by molar-refractivity contribution is 6.62. The van der Waals surface area contributed by atoms with Crippen molar-refractivity contribution in [3.63, 3.8) is 0 Å². The molecule has 5 rings (SSSR count). The zero-order valence-corrected chi connectivity index (χ0v) is 17.1. The maximum Gasteiger partial charge on any atom is 0.491 e. The third-order valence-corrected chi connectivity index (χ3v) is 6.22. The Morgan fingerprint density at radius 1 is 1.00 bits per heavy atom. The number of aldehydes is 1. The molecule has 3 N–H and O–H groups in total. The molecule has 2 unspecified atom stereocenters. The van der Waals surface area contributed by atoms with Crippen molar-refractivity contribution < 1.29 is 33.7 Å². The van der Waals surface area contributed by atoms with Crippen LogP contribution in [0.1, 0.15) is 38.3 Å². The predicted molar refractivity (Wildman–Crippen MR) is 114 cm³/mol. The molecule has 1 saturated heterocycles. The van der Waals surface area contributed by atoms with Gasteiger partial charge in [-0.1, -0.05) is 12.1 Å². The van der Waals surface area contributed by atoms with E-state index in [1.165, 1.54) is 4.90 Å². The van der Waals surface area contributed by atoms with Crippen molar-refractivity contribution in [3.05, 3.63) is 58.7 Å². The van der Waals surface area contributed by atoms with Crippen LogP contribution in [0.2, 0.25) is 0 Å². The molecule has 0 radical (unpaired) electrons. The Kier molecular flexibility index (Phi) is 5.34. The lowest BCUT2D eigenvalue weighted by atomic mass is 9.78. The molecule has 3 aliphatic rings. The number of hydrogen-bond donors (Lipinski definition) is 3. The lowest BCUT2D eigenvalue weighted by Crippen LogP contribution is -2.40. The van der Waals surface area contributed by atoms with Crippen molar-refractivity contribution in [1.29, 1.82) is 0 Å². The minimum absolute atomic E-state index is 0.181. The normalized spacial score (nSPS) is 21.5. The topological polar surface area (TPSA) is 125 Å². The number of amides is 2. The third-order valence-electron chi connectivity index (χ3n) is 6.22. The van der Waals surface area contributed by atoms with Crippen LogP contribution >= 0.6 is 0 Å². The van der Waals surface area contributed by atoms with Crippen LogP contribution in [0, 0.1) is 0 Å². The minimum Gasteiger partial charge on any atom is -0.423 e. The molecule has 0 spiro atoms. The Balaban J connectivity index is 1.29. The minimum atomic E-state index is -1.07. The number of likely N-dealkylation sites (tertiary alicyclic amines) is 1. The smallest absolute Gasteiger partial charge is 0.423 e. The first-order valence-corrected chi connectivity index (χ1v) is 10.4. The molecule has 2 aromatic carbocycles. The van der Waals surface area contributed by atoms with Crippen LogP contribution in [0.25, 0.3) is 0 Å². The molecule has 9 nitrogen and oxygen atoms in total. The fraction of sp³-hybridized carbons (Fsp3) is 0.286. The van der Waals surface area contributed by atoms with Gasteiger partial charge >= 0.3 is 14.2 Å². The van der Waals surface area contributed by atoms with Crippen molar-refractivity contribution in [2.75, 3.05) is 6.54 Å². The summed E-state index contributed by atoms with van der Waals surface area (Å²) in [7, 11) is -2.12. The van der Waals surface area contributed by atoms with Gasteiger partial charge in [0.05, 0.1) is 19.3 Å². The molecule has 162 valence electrons. The van der Waals surface area contributed by atoms with Crippen molar-refractivity contribution >= 4 is 43.3 Å². The Morgan fingerprint density at radius 3 is 2.22 bits per heavy atom. The highest BCUT2D eigenvalue weighted by Crippen LogP contribution is 2.21. The molecule has 2 amide bonds. The Morgan fingerprint density at radius 2 is 1.59 bits per heavy atom. The van der Waals surface area contributed by atoms with Gasteiger partial charge in [-0.25, -0.2) is 0 Å². The van der Waals surface area contributed by atoms with E-state index in [9.17, 15) is 24.4 Å². The van der Waals surface area contributed by atoms with Gasteiger partial charge in [0.15, 0.2) is 0 Å². The molecular formula is C21H20B2N2O7. The van der Waals surface area contributed by atoms with E-state index in [4.69, 9.17) is 9.31 Å². The zero-order valence-electron chi connectivity index (χ0n) is 17.1. The summed E-state index contributed by atoms with van der Waals surface area (Å²) < 4.78 is 10.3. The summed E-state index contributed by atoms with van der Waals surface area (Å²) in [4.78, 5) is 38.9. The monoisotopic (exact) mass is 434 g/mol. The SMILES string of the molecule is O=CC1CC(NC(=O)c2ccc3c(c2)B(O)OC3)CN1C(=O)c1ccc2c(c1)B(O)OC2. The summed E-state index contributed by atoms with van der Waals surface area (Å²) in [5.41, 5.74) is 3.47. The first kappa shape index (κ1) is 20.9. The lowest BCUT2D eigenvalue weighted by molar-refractivity contribution is -0.111. The summed E-state index contributed by atoms with van der Waals surface area (Å²) >= 11 is 0. The van der Waals surface area contributed by atoms with E-state index in [0.717, 1.165) is 11.1 Å². The number of hydrogen-bond acceptors (Lipinski definition) is 7. The fourth-order valence-electron chi connectivity index (χ4n) is 4.47. The second-order valence-electron chi connectivity index (χ2n) is 8.22. The van der Waals surface area contributed by atoms with Crippen LogP contribution in [0.4, 0.5) is 0 Å². The fourth-order valence-corrected chi connectivity index (χ4v) is 4.47. The number of nitrogens with zero attached hydrogens (tertiary/aromatic N) is 1. The van der Waals surface area contributed by atoms with E-state index in [-0.39, 0.29) is 25.0 Å². The molecule has 3 heterocycles. The van der Waals surface area contributed by atoms with Crippen LogP contribution in [0.3, 0.4) is 0 Å². The Bertz CT molecular complexity index is 1110. The van der Waals surface area contributed by atoms with Gasteiger partial charge < -0.3 is 34.4 Å². The van der Waals surface area contributed by atoms with Gasteiger partial charge in [0.25, 0.3) is 11.8 Å². The van der Waals surface area contributed by atoms with Gasteiger partial charge in [0, 0.05) is 23.7 Å². The van der Waals surface area contributed by atoms with E-state index < -0.39 is 26.3 Å². The predicted octanol–water partition coefficient (Wildman–Crippen LogP) is -1.67. The standard InChI is InChI=1S/C21H20B2N2O7/c26-9-17-7-16(24-20(27)12-1-3-14-10-31-22(29)18(14)5-12)8-25(17)21(28)13-2-4-15-11-32-23(30)19(15)6-13/h1-6,9,16-17,29-30H,7-8,10-11H2,(H,24,27). The molecule has 1 fully saturated rings. The van der Waals surface area contributed by atoms with Crippen LogP contribution in [0.5, 0.6) is 0 Å². The lowest BCUT2D eigenvalue weighted by Gasteiger charge is -2.21. The zero-order chi connectivity index (χ0) is 22.4. The molecular weight excluding hydrogens is 414 g/mol. The molecule has 0 saturated carbocycles. The number of benzene rings is 2. The van der Waals surface area contributed by atoms with Crippen molar-refractivity contribution in [2.45, 2.75) is 31.7 Å². The van der Waals surface area contributed by atoms with E-state index in [1.54, 1.807) is 36.4 Å². The third kappa shape index (κ3) is 3.63.